The van der Waals surface area contributed by atoms with E-state index in [1.54, 1.807) is 21.3 Å². The largest absolute Gasteiger partial charge is 0.497 e. The molecule has 0 fully saturated rings. The molecule has 47 heavy (non-hydrogen) atoms. The fourth-order valence-electron chi connectivity index (χ4n) is 5.82. The Morgan fingerprint density at radius 3 is 1.87 bits per heavy atom. The summed E-state index contributed by atoms with van der Waals surface area (Å²) in [5.41, 5.74) is 3.76. The molecule has 3 aromatic carbocycles. The number of ether oxygens (including phenoxy) is 7. The van der Waals surface area contributed by atoms with Gasteiger partial charge in [0, 0.05) is 39.9 Å². The summed E-state index contributed by atoms with van der Waals surface area (Å²) in [5, 5.41) is 1.71. The van der Waals surface area contributed by atoms with Gasteiger partial charge >= 0.3 is 5.97 Å². The van der Waals surface area contributed by atoms with Crippen LogP contribution in [0.3, 0.4) is 0 Å². The molecular formula is C38H43NO8. The molecule has 5 aromatic rings. The number of pyridine rings is 1. The normalized spacial score (nSPS) is 11.4. The van der Waals surface area contributed by atoms with Crippen molar-refractivity contribution in [3.8, 4) is 56.8 Å². The molecule has 0 aliphatic heterocycles. The zero-order valence-corrected chi connectivity index (χ0v) is 28.7. The van der Waals surface area contributed by atoms with E-state index in [0.717, 1.165) is 21.9 Å². The second kappa shape index (κ2) is 13.7. The maximum atomic E-state index is 13.9. The molecule has 2 aromatic heterocycles. The fraction of sp³-hybridized carbons (Fsp3) is 0.342. The second-order valence-electron chi connectivity index (χ2n) is 11.9. The molecule has 9 nitrogen and oxygen atoms in total. The highest BCUT2D eigenvalue weighted by Gasteiger charge is 2.31. The molecule has 0 radical (unpaired) electrons. The van der Waals surface area contributed by atoms with Crippen molar-refractivity contribution in [3.05, 3.63) is 66.5 Å². The summed E-state index contributed by atoms with van der Waals surface area (Å²) in [7, 11) is 6.22. The van der Waals surface area contributed by atoms with Crippen molar-refractivity contribution in [1.82, 2.24) is 4.40 Å². The molecule has 0 saturated carbocycles. The maximum Gasteiger partial charge on any atom is 0.355 e. The molecule has 2 heterocycles. The number of rotatable bonds is 12. The van der Waals surface area contributed by atoms with E-state index in [0.29, 0.717) is 56.9 Å². The summed E-state index contributed by atoms with van der Waals surface area (Å²) in [6.07, 6.45) is 1.60. The number of hydrogen-bond acceptors (Lipinski definition) is 8. The number of fused-ring (bicyclic) bond motifs is 3. The van der Waals surface area contributed by atoms with Crippen LogP contribution >= 0.6 is 0 Å². The summed E-state index contributed by atoms with van der Waals surface area (Å²) in [4.78, 5) is 13.9. The lowest BCUT2D eigenvalue weighted by Crippen LogP contribution is -2.10. The predicted molar refractivity (Wildman–Crippen MR) is 184 cm³/mol. The minimum absolute atomic E-state index is 0.0436. The number of esters is 1. The molecule has 0 unspecified atom stereocenters. The lowest BCUT2D eigenvalue weighted by molar-refractivity contribution is 0.0594. The van der Waals surface area contributed by atoms with Crippen LogP contribution in [0, 0.1) is 0 Å². The van der Waals surface area contributed by atoms with Crippen molar-refractivity contribution in [3.63, 3.8) is 0 Å². The molecule has 0 aliphatic carbocycles. The van der Waals surface area contributed by atoms with Crippen LogP contribution < -0.4 is 28.4 Å². The Kier molecular flexibility index (Phi) is 9.75. The zero-order valence-electron chi connectivity index (χ0n) is 28.7. The number of carbonyl (C=O) groups excluding carboxylic acids is 1. The minimum atomic E-state index is -0.521. The van der Waals surface area contributed by atoms with E-state index >= 15 is 0 Å². The van der Waals surface area contributed by atoms with Gasteiger partial charge in [0.1, 0.15) is 28.7 Å². The van der Waals surface area contributed by atoms with E-state index < -0.39 is 5.97 Å². The highest BCUT2D eigenvalue weighted by Crippen LogP contribution is 2.50. The Bertz CT molecular complexity index is 1920. The van der Waals surface area contributed by atoms with Crippen LogP contribution in [0.2, 0.25) is 0 Å². The summed E-state index contributed by atoms with van der Waals surface area (Å²) < 4.78 is 43.3. The first-order valence-electron chi connectivity index (χ1n) is 15.6. The van der Waals surface area contributed by atoms with Gasteiger partial charge in [0.05, 0.1) is 52.3 Å². The standard InChI is InChI=1S/C38H43NO8/c1-21(2)45-26-11-13-27(31(19-26)46-22(3)4)34-35(29-18-25(41-7)12-14-30(29)42-8)36-28-20-32(43-9)33(47-23(5)6)17-24(28)15-16-39(36)37(34)38(40)44-10/h11-23H,1-10H3. The first kappa shape index (κ1) is 33.3. The Labute approximate surface area is 275 Å². The van der Waals surface area contributed by atoms with Crippen LogP contribution in [0.1, 0.15) is 52.0 Å². The van der Waals surface area contributed by atoms with Gasteiger partial charge in [0.2, 0.25) is 0 Å². The molecule has 0 aliphatic rings. The summed E-state index contributed by atoms with van der Waals surface area (Å²) in [5.74, 6) is 3.07. The molecule has 0 atom stereocenters. The van der Waals surface area contributed by atoms with Crippen LogP contribution in [-0.4, -0.2) is 57.1 Å². The molecule has 0 spiro atoms. The molecule has 9 heteroatoms. The second-order valence-corrected chi connectivity index (χ2v) is 11.9. The molecule has 0 saturated heterocycles. The average molecular weight is 642 g/mol. The number of aromatic nitrogens is 1. The molecule has 248 valence electrons. The molecule has 0 N–H and O–H groups in total. The zero-order chi connectivity index (χ0) is 34.0. The highest BCUT2D eigenvalue weighted by atomic mass is 16.5. The number of methoxy groups -OCH3 is 4. The lowest BCUT2D eigenvalue weighted by atomic mass is 9.92. The third-order valence-electron chi connectivity index (χ3n) is 7.57. The smallest absolute Gasteiger partial charge is 0.355 e. The van der Waals surface area contributed by atoms with Gasteiger partial charge in [0.15, 0.2) is 11.5 Å². The van der Waals surface area contributed by atoms with Crippen molar-refractivity contribution in [2.24, 2.45) is 0 Å². The third kappa shape index (κ3) is 6.48. The maximum absolute atomic E-state index is 13.9. The number of nitrogens with zero attached hydrogens (tertiary/aromatic N) is 1. The molecule has 0 bridgehead atoms. The van der Waals surface area contributed by atoms with Crippen molar-refractivity contribution in [1.29, 1.82) is 0 Å². The van der Waals surface area contributed by atoms with Crippen LogP contribution in [0.15, 0.2) is 60.8 Å². The quantitative estimate of drug-likeness (QED) is 0.125. The van der Waals surface area contributed by atoms with Crippen molar-refractivity contribution in [2.75, 3.05) is 28.4 Å². The molecule has 5 rings (SSSR count). The Morgan fingerprint density at radius 1 is 0.596 bits per heavy atom. The number of benzene rings is 3. The van der Waals surface area contributed by atoms with E-state index in [4.69, 9.17) is 33.2 Å². The van der Waals surface area contributed by atoms with Crippen LogP contribution in [0.25, 0.3) is 38.5 Å². The van der Waals surface area contributed by atoms with Crippen molar-refractivity contribution < 1.29 is 38.0 Å². The van der Waals surface area contributed by atoms with Gasteiger partial charge < -0.3 is 37.6 Å². The first-order valence-corrected chi connectivity index (χ1v) is 15.6. The van der Waals surface area contributed by atoms with E-state index in [1.807, 2.05) is 107 Å². The summed E-state index contributed by atoms with van der Waals surface area (Å²) in [6.45, 7) is 11.8. The molecular weight excluding hydrogens is 598 g/mol. The van der Waals surface area contributed by atoms with Crippen LogP contribution in [0.5, 0.6) is 34.5 Å². The van der Waals surface area contributed by atoms with Gasteiger partial charge in [-0.05, 0) is 95.5 Å². The lowest BCUT2D eigenvalue weighted by Gasteiger charge is -2.19. The fourth-order valence-corrected chi connectivity index (χ4v) is 5.82. The first-order chi connectivity index (χ1) is 22.5. The van der Waals surface area contributed by atoms with Gasteiger partial charge in [-0.2, -0.15) is 0 Å². The SMILES string of the molecule is COC(=O)c1c(-c2ccc(OC(C)C)cc2OC(C)C)c(-c2cc(OC)ccc2OC)c2c3cc(OC)c(OC(C)C)cc3ccn12. The number of hydrogen-bond donors (Lipinski definition) is 0. The Morgan fingerprint density at radius 2 is 1.26 bits per heavy atom. The van der Waals surface area contributed by atoms with Gasteiger partial charge in [-0.3, -0.25) is 0 Å². The predicted octanol–water partition coefficient (Wildman–Crippen LogP) is 8.60. The van der Waals surface area contributed by atoms with E-state index in [-0.39, 0.29) is 18.3 Å². The van der Waals surface area contributed by atoms with Crippen LogP contribution in [0.4, 0.5) is 0 Å². The van der Waals surface area contributed by atoms with Gasteiger partial charge in [-0.1, -0.05) is 0 Å². The number of carbonyl (C=O) groups is 1. The average Bonchev–Trinajstić information content (AvgIpc) is 3.38. The van der Waals surface area contributed by atoms with E-state index in [1.165, 1.54) is 7.11 Å². The highest BCUT2D eigenvalue weighted by molar-refractivity contribution is 6.15. The van der Waals surface area contributed by atoms with Crippen molar-refractivity contribution in [2.45, 2.75) is 59.9 Å². The van der Waals surface area contributed by atoms with E-state index in [9.17, 15) is 4.79 Å². The van der Waals surface area contributed by atoms with Gasteiger partial charge in [-0.25, -0.2) is 4.79 Å². The topological polar surface area (TPSA) is 86.1 Å². The van der Waals surface area contributed by atoms with Gasteiger partial charge in [-0.15, -0.1) is 0 Å². The van der Waals surface area contributed by atoms with E-state index in [2.05, 4.69) is 0 Å². The summed E-state index contributed by atoms with van der Waals surface area (Å²) in [6, 6.07) is 17.1. The van der Waals surface area contributed by atoms with Crippen LogP contribution in [-0.2, 0) is 4.74 Å². The van der Waals surface area contributed by atoms with Crippen molar-refractivity contribution >= 4 is 22.3 Å². The Hall–Kier alpha value is -5.05. The monoisotopic (exact) mass is 641 g/mol. The summed E-state index contributed by atoms with van der Waals surface area (Å²) >= 11 is 0. The third-order valence-corrected chi connectivity index (χ3v) is 7.57. The minimum Gasteiger partial charge on any atom is -0.497 e. The van der Waals surface area contributed by atoms with Gasteiger partial charge in [0.25, 0.3) is 0 Å². The Balaban J connectivity index is 2.03. The molecule has 0 amide bonds.